The van der Waals surface area contributed by atoms with Crippen molar-refractivity contribution in [3.05, 3.63) is 33.9 Å². The summed E-state index contributed by atoms with van der Waals surface area (Å²) in [5.41, 5.74) is 0.940. The molecule has 0 heterocycles. The Kier molecular flexibility index (Phi) is 4.75. The van der Waals surface area contributed by atoms with Gasteiger partial charge in [-0.3, -0.25) is 19.7 Å². The SMILES string of the molecule is Cc1ccc([N+](=O)[O-])cc1NC(=O)[C@@H]1CCCC[C@@H]1C(=O)O. The molecular formula is C15H18N2O5. The van der Waals surface area contributed by atoms with Gasteiger partial charge in [0, 0.05) is 12.1 Å². The number of aliphatic carboxylic acids is 1. The zero-order chi connectivity index (χ0) is 16.3. The van der Waals surface area contributed by atoms with E-state index >= 15 is 0 Å². The van der Waals surface area contributed by atoms with Gasteiger partial charge in [0.2, 0.25) is 5.91 Å². The Labute approximate surface area is 127 Å². The van der Waals surface area contributed by atoms with E-state index in [1.165, 1.54) is 12.1 Å². The van der Waals surface area contributed by atoms with Gasteiger partial charge in [0.05, 0.1) is 22.4 Å². The molecule has 1 amide bonds. The minimum absolute atomic E-state index is 0.112. The predicted molar refractivity (Wildman–Crippen MR) is 79.5 cm³/mol. The second kappa shape index (κ2) is 6.55. The van der Waals surface area contributed by atoms with Crippen molar-refractivity contribution in [1.82, 2.24) is 0 Å². The number of carbonyl (C=O) groups is 2. The van der Waals surface area contributed by atoms with Crippen LogP contribution in [0.1, 0.15) is 31.2 Å². The Morgan fingerprint density at radius 1 is 1.27 bits per heavy atom. The number of carboxylic acid groups (broad SMARTS) is 1. The van der Waals surface area contributed by atoms with Crippen molar-refractivity contribution >= 4 is 23.3 Å². The summed E-state index contributed by atoms with van der Waals surface area (Å²) in [6, 6.07) is 4.22. The molecular weight excluding hydrogens is 288 g/mol. The van der Waals surface area contributed by atoms with E-state index in [2.05, 4.69) is 5.32 Å². The number of amides is 1. The predicted octanol–water partition coefficient (Wildman–Crippen LogP) is 2.73. The van der Waals surface area contributed by atoms with Crippen LogP contribution in [0.3, 0.4) is 0 Å². The summed E-state index contributed by atoms with van der Waals surface area (Å²) in [6.45, 7) is 1.73. The first-order valence-corrected chi connectivity index (χ1v) is 7.19. The molecule has 118 valence electrons. The number of hydrogen-bond acceptors (Lipinski definition) is 4. The smallest absolute Gasteiger partial charge is 0.307 e. The van der Waals surface area contributed by atoms with Crippen LogP contribution in [0.15, 0.2) is 18.2 Å². The minimum atomic E-state index is -0.962. The van der Waals surface area contributed by atoms with E-state index in [1.54, 1.807) is 13.0 Å². The van der Waals surface area contributed by atoms with Gasteiger partial charge in [-0.25, -0.2) is 0 Å². The molecule has 0 unspecified atom stereocenters. The lowest BCUT2D eigenvalue weighted by atomic mass is 9.78. The number of anilines is 1. The van der Waals surface area contributed by atoms with Gasteiger partial charge < -0.3 is 10.4 Å². The number of nitro benzene ring substituents is 1. The van der Waals surface area contributed by atoms with Crippen LogP contribution in [0, 0.1) is 28.9 Å². The summed E-state index contributed by atoms with van der Waals surface area (Å²) >= 11 is 0. The number of aryl methyl sites for hydroxylation is 1. The Hall–Kier alpha value is -2.44. The van der Waals surface area contributed by atoms with E-state index < -0.39 is 22.7 Å². The van der Waals surface area contributed by atoms with Crippen LogP contribution >= 0.6 is 0 Å². The molecule has 1 saturated carbocycles. The van der Waals surface area contributed by atoms with Crippen molar-refractivity contribution in [3.63, 3.8) is 0 Å². The molecule has 0 radical (unpaired) electrons. The summed E-state index contributed by atoms with van der Waals surface area (Å²) in [5.74, 6) is -2.62. The van der Waals surface area contributed by atoms with Crippen molar-refractivity contribution in [3.8, 4) is 0 Å². The highest BCUT2D eigenvalue weighted by atomic mass is 16.6. The summed E-state index contributed by atoms with van der Waals surface area (Å²) in [5, 5.41) is 22.7. The highest BCUT2D eigenvalue weighted by molar-refractivity contribution is 5.96. The summed E-state index contributed by atoms with van der Waals surface area (Å²) in [6.07, 6.45) is 2.63. The highest BCUT2D eigenvalue weighted by Gasteiger charge is 2.35. The van der Waals surface area contributed by atoms with E-state index in [0.717, 1.165) is 12.8 Å². The first kappa shape index (κ1) is 15.9. The third kappa shape index (κ3) is 3.41. The van der Waals surface area contributed by atoms with E-state index in [9.17, 15) is 24.8 Å². The van der Waals surface area contributed by atoms with Gasteiger partial charge in [-0.2, -0.15) is 0 Å². The Bertz CT molecular complexity index is 614. The highest BCUT2D eigenvalue weighted by Crippen LogP contribution is 2.32. The number of nitrogens with one attached hydrogen (secondary N) is 1. The van der Waals surface area contributed by atoms with Gasteiger partial charge >= 0.3 is 5.97 Å². The summed E-state index contributed by atoms with van der Waals surface area (Å²) < 4.78 is 0. The van der Waals surface area contributed by atoms with Crippen LogP contribution in [0.25, 0.3) is 0 Å². The normalized spacial score (nSPS) is 21.1. The molecule has 1 aromatic carbocycles. The monoisotopic (exact) mass is 306 g/mol. The molecule has 2 N–H and O–H groups in total. The number of benzene rings is 1. The number of nitrogens with zero attached hydrogens (tertiary/aromatic N) is 1. The summed E-state index contributed by atoms with van der Waals surface area (Å²) in [4.78, 5) is 33.9. The maximum absolute atomic E-state index is 12.4. The second-order valence-corrected chi connectivity index (χ2v) is 5.58. The minimum Gasteiger partial charge on any atom is -0.481 e. The van der Waals surface area contributed by atoms with Crippen LogP contribution in [0.4, 0.5) is 11.4 Å². The van der Waals surface area contributed by atoms with Gasteiger partial charge in [-0.1, -0.05) is 18.9 Å². The fraction of sp³-hybridized carbons (Fsp3) is 0.467. The molecule has 0 saturated heterocycles. The molecule has 0 spiro atoms. The molecule has 7 nitrogen and oxygen atoms in total. The van der Waals surface area contributed by atoms with Gasteiger partial charge in [-0.05, 0) is 25.3 Å². The quantitative estimate of drug-likeness (QED) is 0.656. The molecule has 1 aliphatic carbocycles. The third-order valence-corrected chi connectivity index (χ3v) is 4.11. The fourth-order valence-corrected chi connectivity index (χ4v) is 2.82. The van der Waals surface area contributed by atoms with Gasteiger partial charge in [-0.15, -0.1) is 0 Å². The number of non-ortho nitro benzene ring substituents is 1. The molecule has 1 fully saturated rings. The van der Waals surface area contributed by atoms with Gasteiger partial charge in [0.15, 0.2) is 0 Å². The first-order chi connectivity index (χ1) is 10.4. The average Bonchev–Trinajstić information content (AvgIpc) is 2.49. The number of carboxylic acids is 1. The van der Waals surface area contributed by atoms with Crippen molar-refractivity contribution in [2.75, 3.05) is 5.32 Å². The largest absolute Gasteiger partial charge is 0.481 e. The lowest BCUT2D eigenvalue weighted by molar-refractivity contribution is -0.384. The van der Waals surface area contributed by atoms with E-state index in [-0.39, 0.29) is 11.6 Å². The first-order valence-electron chi connectivity index (χ1n) is 7.19. The lowest BCUT2D eigenvalue weighted by Crippen LogP contribution is -2.36. The standard InChI is InChI=1S/C15H18N2O5/c1-9-6-7-10(17(21)22)8-13(9)16-14(18)11-4-2-3-5-12(11)15(19)20/h6-8,11-12H,2-5H2,1H3,(H,16,18)(H,19,20)/t11-,12+/m1/s1. The third-order valence-electron chi connectivity index (χ3n) is 4.11. The zero-order valence-corrected chi connectivity index (χ0v) is 12.2. The van der Waals surface area contributed by atoms with E-state index in [4.69, 9.17) is 0 Å². The van der Waals surface area contributed by atoms with Crippen LogP contribution in [0.2, 0.25) is 0 Å². The Morgan fingerprint density at radius 3 is 2.50 bits per heavy atom. The molecule has 7 heteroatoms. The number of hydrogen-bond donors (Lipinski definition) is 2. The zero-order valence-electron chi connectivity index (χ0n) is 12.2. The molecule has 1 aliphatic rings. The van der Waals surface area contributed by atoms with Crippen LogP contribution < -0.4 is 5.32 Å². The molecule has 0 aromatic heterocycles. The number of rotatable bonds is 4. The Balaban J connectivity index is 2.19. The van der Waals surface area contributed by atoms with E-state index in [0.29, 0.717) is 24.1 Å². The topological polar surface area (TPSA) is 110 Å². The molecule has 22 heavy (non-hydrogen) atoms. The van der Waals surface area contributed by atoms with Gasteiger partial charge in [0.1, 0.15) is 0 Å². The van der Waals surface area contributed by atoms with Crippen LogP contribution in [-0.2, 0) is 9.59 Å². The van der Waals surface area contributed by atoms with Crippen LogP contribution in [-0.4, -0.2) is 21.9 Å². The Morgan fingerprint density at radius 2 is 1.91 bits per heavy atom. The van der Waals surface area contributed by atoms with E-state index in [1.807, 2.05) is 0 Å². The van der Waals surface area contributed by atoms with Crippen molar-refractivity contribution < 1.29 is 19.6 Å². The molecule has 0 aliphatic heterocycles. The number of nitro groups is 1. The van der Waals surface area contributed by atoms with Crippen molar-refractivity contribution in [2.24, 2.45) is 11.8 Å². The van der Waals surface area contributed by atoms with Gasteiger partial charge in [0.25, 0.3) is 5.69 Å². The summed E-state index contributed by atoms with van der Waals surface area (Å²) in [7, 11) is 0. The maximum atomic E-state index is 12.4. The van der Waals surface area contributed by atoms with Crippen molar-refractivity contribution in [2.45, 2.75) is 32.6 Å². The molecule has 2 atom stereocenters. The average molecular weight is 306 g/mol. The molecule has 0 bridgehead atoms. The lowest BCUT2D eigenvalue weighted by Gasteiger charge is -2.27. The number of carbonyl (C=O) groups excluding carboxylic acids is 1. The maximum Gasteiger partial charge on any atom is 0.307 e. The van der Waals surface area contributed by atoms with Crippen LogP contribution in [0.5, 0.6) is 0 Å². The second-order valence-electron chi connectivity index (χ2n) is 5.58. The molecule has 2 rings (SSSR count). The fourth-order valence-electron chi connectivity index (χ4n) is 2.82. The van der Waals surface area contributed by atoms with Crippen molar-refractivity contribution in [1.29, 1.82) is 0 Å². The molecule has 1 aromatic rings.